The molecule has 0 aliphatic carbocycles. The summed E-state index contributed by atoms with van der Waals surface area (Å²) < 4.78 is 25.0. The first-order chi connectivity index (χ1) is 10.3. The molecular weight excluding hydrogens is 306 g/mol. The van der Waals surface area contributed by atoms with Crippen LogP contribution < -0.4 is 4.90 Å². The normalized spacial score (nSPS) is 11.2. The van der Waals surface area contributed by atoms with Gasteiger partial charge in [0.05, 0.1) is 10.7 Å². The van der Waals surface area contributed by atoms with Crippen molar-refractivity contribution in [2.24, 2.45) is 0 Å². The van der Waals surface area contributed by atoms with Gasteiger partial charge in [-0.25, -0.2) is 13.4 Å². The molecule has 0 atom stereocenters. The number of nitrogens with zero attached hydrogens (tertiary/aromatic N) is 3. The van der Waals surface area contributed by atoms with Crippen LogP contribution in [0.1, 0.15) is 5.56 Å². The van der Waals surface area contributed by atoms with Crippen molar-refractivity contribution in [1.82, 2.24) is 4.98 Å². The van der Waals surface area contributed by atoms with Gasteiger partial charge >= 0.3 is 5.69 Å². The molecule has 0 aliphatic rings. The van der Waals surface area contributed by atoms with E-state index in [0.29, 0.717) is 11.4 Å². The molecule has 0 saturated heterocycles. The van der Waals surface area contributed by atoms with Crippen LogP contribution in [0.5, 0.6) is 0 Å². The molecule has 0 bridgehead atoms. The Bertz CT molecular complexity index is 789. The Morgan fingerprint density at radius 1 is 1.14 bits per heavy atom. The van der Waals surface area contributed by atoms with Crippen molar-refractivity contribution >= 4 is 21.3 Å². The predicted octanol–water partition coefficient (Wildman–Crippen LogP) is 2.03. The monoisotopic (exact) mass is 321 g/mol. The van der Waals surface area contributed by atoms with Crippen LogP contribution in [0.25, 0.3) is 0 Å². The molecule has 116 valence electrons. The summed E-state index contributed by atoms with van der Waals surface area (Å²) >= 11 is 0. The zero-order valence-electron chi connectivity index (χ0n) is 12.1. The van der Waals surface area contributed by atoms with Gasteiger partial charge in [0.15, 0.2) is 0 Å². The van der Waals surface area contributed by atoms with E-state index in [2.05, 4.69) is 4.98 Å². The lowest BCUT2D eigenvalue weighted by atomic mass is 10.2. The summed E-state index contributed by atoms with van der Waals surface area (Å²) in [6.07, 6.45) is 0. The Kier molecular flexibility index (Phi) is 4.41. The summed E-state index contributed by atoms with van der Waals surface area (Å²) in [6, 6.07) is 11.1. The van der Waals surface area contributed by atoms with Crippen LogP contribution >= 0.6 is 0 Å². The zero-order valence-corrected chi connectivity index (χ0v) is 12.9. The standard InChI is InChI=1S/C14H15N3O4S/c1-16(2)13-9-8-12(17(18)19)14(15-13)22(20,21)10-11-6-4-3-5-7-11/h3-9H,10H2,1-2H3. The minimum Gasteiger partial charge on any atom is -0.363 e. The summed E-state index contributed by atoms with van der Waals surface area (Å²) in [4.78, 5) is 15.9. The Hall–Kier alpha value is -2.48. The fraction of sp³-hybridized carbons (Fsp3) is 0.214. The molecule has 0 saturated carbocycles. The van der Waals surface area contributed by atoms with E-state index in [1.165, 1.54) is 12.1 Å². The SMILES string of the molecule is CN(C)c1ccc([N+](=O)[O-])c(S(=O)(=O)Cc2ccccc2)n1. The van der Waals surface area contributed by atoms with Gasteiger partial charge in [-0.15, -0.1) is 0 Å². The average molecular weight is 321 g/mol. The van der Waals surface area contributed by atoms with E-state index in [1.54, 1.807) is 49.3 Å². The number of pyridine rings is 1. The Morgan fingerprint density at radius 2 is 1.77 bits per heavy atom. The topological polar surface area (TPSA) is 93.4 Å². The highest BCUT2D eigenvalue weighted by atomic mass is 32.2. The van der Waals surface area contributed by atoms with Crippen molar-refractivity contribution in [3.8, 4) is 0 Å². The number of benzene rings is 1. The minimum atomic E-state index is -3.92. The van der Waals surface area contributed by atoms with Crippen LogP contribution in [0, 0.1) is 10.1 Å². The van der Waals surface area contributed by atoms with E-state index in [9.17, 15) is 18.5 Å². The van der Waals surface area contributed by atoms with Crippen LogP contribution in [-0.2, 0) is 15.6 Å². The lowest BCUT2D eigenvalue weighted by molar-refractivity contribution is -0.388. The van der Waals surface area contributed by atoms with Crippen molar-refractivity contribution < 1.29 is 13.3 Å². The highest BCUT2D eigenvalue weighted by Gasteiger charge is 2.28. The molecule has 22 heavy (non-hydrogen) atoms. The number of hydrogen-bond donors (Lipinski definition) is 0. The molecule has 0 N–H and O–H groups in total. The summed E-state index contributed by atoms with van der Waals surface area (Å²) in [5, 5.41) is 10.6. The van der Waals surface area contributed by atoms with Crippen LogP contribution in [0.2, 0.25) is 0 Å². The first kappa shape index (κ1) is 15.9. The summed E-state index contributed by atoms with van der Waals surface area (Å²) in [7, 11) is -0.560. The Morgan fingerprint density at radius 3 is 2.32 bits per heavy atom. The van der Waals surface area contributed by atoms with Crippen LogP contribution in [0.3, 0.4) is 0 Å². The molecular formula is C14H15N3O4S. The van der Waals surface area contributed by atoms with Crippen molar-refractivity contribution in [3.63, 3.8) is 0 Å². The molecule has 2 rings (SSSR count). The Balaban J connectivity index is 2.53. The maximum atomic E-state index is 12.5. The fourth-order valence-electron chi connectivity index (χ4n) is 1.90. The van der Waals surface area contributed by atoms with E-state index < -0.39 is 25.5 Å². The molecule has 0 aliphatic heterocycles. The zero-order chi connectivity index (χ0) is 16.3. The van der Waals surface area contributed by atoms with Crippen molar-refractivity contribution in [2.45, 2.75) is 10.8 Å². The molecule has 0 spiro atoms. The van der Waals surface area contributed by atoms with E-state index in [0.717, 1.165) is 0 Å². The second-order valence-electron chi connectivity index (χ2n) is 4.89. The molecule has 1 aromatic heterocycles. The molecule has 0 unspecified atom stereocenters. The Labute approximate surface area is 128 Å². The molecule has 1 aromatic carbocycles. The number of sulfone groups is 1. The van der Waals surface area contributed by atoms with E-state index >= 15 is 0 Å². The van der Waals surface area contributed by atoms with Gasteiger partial charge < -0.3 is 4.90 Å². The van der Waals surface area contributed by atoms with E-state index in [-0.39, 0.29) is 5.75 Å². The van der Waals surface area contributed by atoms with Gasteiger partial charge in [0.25, 0.3) is 0 Å². The molecule has 8 heteroatoms. The number of hydrogen-bond acceptors (Lipinski definition) is 6. The van der Waals surface area contributed by atoms with Gasteiger partial charge in [-0.05, 0) is 11.6 Å². The third kappa shape index (κ3) is 3.40. The highest BCUT2D eigenvalue weighted by Crippen LogP contribution is 2.27. The van der Waals surface area contributed by atoms with Gasteiger partial charge in [0, 0.05) is 20.2 Å². The predicted molar refractivity (Wildman–Crippen MR) is 82.6 cm³/mol. The molecule has 2 aromatic rings. The van der Waals surface area contributed by atoms with Gasteiger partial charge in [-0.2, -0.15) is 0 Å². The number of nitro groups is 1. The van der Waals surface area contributed by atoms with Gasteiger partial charge in [-0.3, -0.25) is 10.1 Å². The van der Waals surface area contributed by atoms with Gasteiger partial charge in [0.1, 0.15) is 5.82 Å². The van der Waals surface area contributed by atoms with Crippen LogP contribution in [0.15, 0.2) is 47.5 Å². The second-order valence-corrected chi connectivity index (χ2v) is 6.79. The van der Waals surface area contributed by atoms with E-state index in [4.69, 9.17) is 0 Å². The number of anilines is 1. The lowest BCUT2D eigenvalue weighted by Gasteiger charge is -2.12. The summed E-state index contributed by atoms with van der Waals surface area (Å²) in [5.41, 5.74) is 0.0374. The van der Waals surface area contributed by atoms with Gasteiger partial charge in [0.2, 0.25) is 14.9 Å². The maximum absolute atomic E-state index is 12.5. The third-order valence-electron chi connectivity index (χ3n) is 2.97. The third-order valence-corrected chi connectivity index (χ3v) is 4.58. The number of rotatable bonds is 5. The fourth-order valence-corrected chi connectivity index (χ4v) is 3.36. The quantitative estimate of drug-likeness (QED) is 0.618. The summed E-state index contributed by atoms with van der Waals surface area (Å²) in [5.74, 6) is 0.00990. The molecule has 0 amide bonds. The summed E-state index contributed by atoms with van der Waals surface area (Å²) in [6.45, 7) is 0. The maximum Gasteiger partial charge on any atom is 0.306 e. The smallest absolute Gasteiger partial charge is 0.306 e. The van der Waals surface area contributed by atoms with Crippen LogP contribution in [0.4, 0.5) is 11.5 Å². The molecule has 0 fully saturated rings. The first-order valence-corrected chi connectivity index (χ1v) is 8.06. The van der Waals surface area contributed by atoms with Crippen LogP contribution in [-0.4, -0.2) is 32.4 Å². The van der Waals surface area contributed by atoms with Crippen molar-refractivity contribution in [3.05, 3.63) is 58.1 Å². The highest BCUT2D eigenvalue weighted by molar-refractivity contribution is 7.90. The first-order valence-electron chi connectivity index (χ1n) is 6.41. The molecule has 0 radical (unpaired) electrons. The van der Waals surface area contributed by atoms with E-state index in [1.807, 2.05) is 0 Å². The molecule has 1 heterocycles. The largest absolute Gasteiger partial charge is 0.363 e. The second kappa shape index (κ2) is 6.10. The minimum absolute atomic E-state index is 0.335. The lowest BCUT2D eigenvalue weighted by Crippen LogP contribution is -2.15. The average Bonchev–Trinajstić information content (AvgIpc) is 2.47. The molecule has 7 nitrogen and oxygen atoms in total. The van der Waals surface area contributed by atoms with Crippen molar-refractivity contribution in [2.75, 3.05) is 19.0 Å². The van der Waals surface area contributed by atoms with Gasteiger partial charge in [-0.1, -0.05) is 30.3 Å². The number of aromatic nitrogens is 1. The van der Waals surface area contributed by atoms with Crippen molar-refractivity contribution in [1.29, 1.82) is 0 Å².